The largest absolute Gasteiger partial charge is 0.344 e. The van der Waals surface area contributed by atoms with E-state index < -0.39 is 0 Å². The van der Waals surface area contributed by atoms with Gasteiger partial charge in [-0.05, 0) is 19.5 Å². The monoisotopic (exact) mass is 248 g/mol. The number of ketones is 1. The molecular formula is C14H20N2O2. The van der Waals surface area contributed by atoms with E-state index in [1.165, 1.54) is 6.92 Å². The van der Waals surface area contributed by atoms with E-state index in [1.54, 1.807) is 24.1 Å². The highest BCUT2D eigenvalue weighted by Gasteiger charge is 2.09. The van der Waals surface area contributed by atoms with Crippen LogP contribution in [0.2, 0.25) is 0 Å². The van der Waals surface area contributed by atoms with E-state index in [9.17, 15) is 9.59 Å². The van der Waals surface area contributed by atoms with E-state index >= 15 is 0 Å². The number of hydrogen-bond donors (Lipinski definition) is 1. The van der Waals surface area contributed by atoms with Gasteiger partial charge in [-0.3, -0.25) is 9.59 Å². The van der Waals surface area contributed by atoms with Crippen molar-refractivity contribution in [3.8, 4) is 0 Å². The second-order valence-electron chi connectivity index (χ2n) is 4.35. The fraction of sp³-hybridized carbons (Fsp3) is 0.429. The average molecular weight is 248 g/mol. The second kappa shape index (κ2) is 6.91. The molecule has 0 saturated heterocycles. The molecule has 0 atom stereocenters. The summed E-state index contributed by atoms with van der Waals surface area (Å²) in [6.07, 6.45) is 0.373. The van der Waals surface area contributed by atoms with Crippen molar-refractivity contribution in [3.63, 3.8) is 0 Å². The van der Waals surface area contributed by atoms with E-state index in [-0.39, 0.29) is 11.7 Å². The normalized spacial score (nSPS) is 10.2. The molecule has 98 valence electrons. The van der Waals surface area contributed by atoms with Gasteiger partial charge in [0.05, 0.1) is 6.42 Å². The van der Waals surface area contributed by atoms with E-state index in [1.807, 2.05) is 19.2 Å². The van der Waals surface area contributed by atoms with Gasteiger partial charge in [-0.2, -0.15) is 0 Å². The van der Waals surface area contributed by atoms with E-state index in [2.05, 4.69) is 5.32 Å². The number of carbonyl (C=O) groups excluding carboxylic acids is 2. The molecule has 4 nitrogen and oxygen atoms in total. The van der Waals surface area contributed by atoms with Gasteiger partial charge in [0.2, 0.25) is 5.91 Å². The molecule has 1 amide bonds. The van der Waals surface area contributed by atoms with Gasteiger partial charge in [0.1, 0.15) is 0 Å². The lowest BCUT2D eigenvalue weighted by Gasteiger charge is -2.16. The smallest absolute Gasteiger partial charge is 0.226 e. The summed E-state index contributed by atoms with van der Waals surface area (Å²) in [5.41, 5.74) is 1.61. The highest BCUT2D eigenvalue weighted by molar-refractivity contribution is 5.94. The van der Waals surface area contributed by atoms with Crippen molar-refractivity contribution < 1.29 is 9.59 Å². The van der Waals surface area contributed by atoms with Crippen LogP contribution in [0.5, 0.6) is 0 Å². The number of hydrogen-bond acceptors (Lipinski definition) is 3. The van der Waals surface area contributed by atoms with Gasteiger partial charge in [-0.15, -0.1) is 0 Å². The van der Waals surface area contributed by atoms with Crippen LogP contribution >= 0.6 is 0 Å². The number of amides is 1. The third-order valence-corrected chi connectivity index (χ3v) is 2.84. The van der Waals surface area contributed by atoms with E-state index in [4.69, 9.17) is 0 Å². The minimum atomic E-state index is 0.0408. The molecule has 0 aliphatic heterocycles. The zero-order valence-corrected chi connectivity index (χ0v) is 11.2. The molecule has 1 rings (SSSR count). The minimum absolute atomic E-state index is 0.0408. The van der Waals surface area contributed by atoms with Crippen LogP contribution in [0.15, 0.2) is 24.3 Å². The highest BCUT2D eigenvalue weighted by atomic mass is 16.2. The summed E-state index contributed by atoms with van der Waals surface area (Å²) in [5.74, 6) is 0.125. The molecule has 0 heterocycles. The Kier molecular flexibility index (Phi) is 5.52. The summed E-state index contributed by atoms with van der Waals surface area (Å²) in [4.78, 5) is 24.7. The first-order valence-corrected chi connectivity index (χ1v) is 6.03. The van der Waals surface area contributed by atoms with Crippen LogP contribution in [-0.2, 0) is 11.2 Å². The Balaban J connectivity index is 2.56. The quantitative estimate of drug-likeness (QED) is 0.767. The molecule has 1 aromatic rings. The van der Waals surface area contributed by atoms with Crippen LogP contribution in [0.4, 0.5) is 0 Å². The first kappa shape index (κ1) is 14.4. The number of nitrogens with one attached hydrogen (secondary N) is 1. The number of benzene rings is 1. The van der Waals surface area contributed by atoms with E-state index in [0.29, 0.717) is 18.5 Å². The van der Waals surface area contributed by atoms with E-state index in [0.717, 1.165) is 12.1 Å². The molecule has 0 aromatic heterocycles. The molecule has 0 radical (unpaired) electrons. The average Bonchev–Trinajstić information content (AvgIpc) is 2.36. The van der Waals surface area contributed by atoms with Crippen LogP contribution < -0.4 is 5.32 Å². The van der Waals surface area contributed by atoms with Crippen molar-refractivity contribution in [2.75, 3.05) is 27.2 Å². The summed E-state index contributed by atoms with van der Waals surface area (Å²) in [7, 11) is 3.66. The highest BCUT2D eigenvalue weighted by Crippen LogP contribution is 2.07. The molecule has 0 fully saturated rings. The van der Waals surface area contributed by atoms with Crippen molar-refractivity contribution in [2.45, 2.75) is 13.3 Å². The Morgan fingerprint density at radius 1 is 1.22 bits per heavy atom. The van der Waals surface area contributed by atoms with Crippen LogP contribution in [0.3, 0.4) is 0 Å². The summed E-state index contributed by atoms with van der Waals surface area (Å²) in [6, 6.07) is 7.19. The van der Waals surface area contributed by atoms with Crippen molar-refractivity contribution in [2.24, 2.45) is 0 Å². The van der Waals surface area contributed by atoms with Gasteiger partial charge in [0, 0.05) is 25.7 Å². The van der Waals surface area contributed by atoms with Gasteiger partial charge in [0.25, 0.3) is 0 Å². The SMILES string of the molecule is CNCCN(C)C(=O)Cc1ccc(C(C)=O)cc1. The molecule has 0 aliphatic rings. The van der Waals surface area contributed by atoms with Gasteiger partial charge in [-0.1, -0.05) is 24.3 Å². The van der Waals surface area contributed by atoms with Crippen LogP contribution in [0.25, 0.3) is 0 Å². The zero-order valence-electron chi connectivity index (χ0n) is 11.2. The van der Waals surface area contributed by atoms with Crippen LogP contribution in [-0.4, -0.2) is 43.8 Å². The summed E-state index contributed by atoms with van der Waals surface area (Å²) >= 11 is 0. The van der Waals surface area contributed by atoms with Crippen molar-refractivity contribution in [1.29, 1.82) is 0 Å². The number of carbonyl (C=O) groups is 2. The lowest BCUT2D eigenvalue weighted by Crippen LogP contribution is -2.33. The Hall–Kier alpha value is -1.68. The first-order chi connectivity index (χ1) is 8.54. The molecule has 18 heavy (non-hydrogen) atoms. The summed E-state index contributed by atoms with van der Waals surface area (Å²) in [6.45, 7) is 3.01. The lowest BCUT2D eigenvalue weighted by atomic mass is 10.1. The number of rotatable bonds is 6. The van der Waals surface area contributed by atoms with Crippen molar-refractivity contribution in [3.05, 3.63) is 35.4 Å². The molecule has 0 saturated carbocycles. The maximum Gasteiger partial charge on any atom is 0.226 e. The maximum atomic E-state index is 11.9. The summed E-state index contributed by atoms with van der Waals surface area (Å²) in [5, 5.41) is 3.01. The predicted octanol–water partition coefficient (Wildman–Crippen LogP) is 1.11. The molecule has 0 unspecified atom stereocenters. The Bertz CT molecular complexity index is 412. The minimum Gasteiger partial charge on any atom is -0.344 e. The maximum absolute atomic E-state index is 11.9. The van der Waals surface area contributed by atoms with Crippen molar-refractivity contribution >= 4 is 11.7 Å². The van der Waals surface area contributed by atoms with Crippen LogP contribution in [0, 0.1) is 0 Å². The second-order valence-corrected chi connectivity index (χ2v) is 4.35. The fourth-order valence-corrected chi connectivity index (χ4v) is 1.57. The Labute approximate surface area is 108 Å². The number of nitrogens with zero attached hydrogens (tertiary/aromatic N) is 1. The summed E-state index contributed by atoms with van der Waals surface area (Å²) < 4.78 is 0. The Morgan fingerprint density at radius 3 is 2.33 bits per heavy atom. The molecule has 0 spiro atoms. The third-order valence-electron chi connectivity index (χ3n) is 2.84. The Morgan fingerprint density at radius 2 is 1.83 bits per heavy atom. The standard InChI is InChI=1S/C14H20N2O2/c1-11(17)13-6-4-12(5-7-13)10-14(18)16(3)9-8-15-2/h4-7,15H,8-10H2,1-3H3. The molecule has 0 aliphatic carbocycles. The van der Waals surface area contributed by atoms with Gasteiger partial charge in [0.15, 0.2) is 5.78 Å². The lowest BCUT2D eigenvalue weighted by molar-refractivity contribution is -0.129. The molecule has 1 N–H and O–H groups in total. The predicted molar refractivity (Wildman–Crippen MR) is 71.7 cm³/mol. The van der Waals surface area contributed by atoms with Gasteiger partial charge in [-0.25, -0.2) is 0 Å². The van der Waals surface area contributed by atoms with Crippen LogP contribution in [0.1, 0.15) is 22.8 Å². The first-order valence-electron chi connectivity index (χ1n) is 6.03. The topological polar surface area (TPSA) is 49.4 Å². The molecule has 0 bridgehead atoms. The third kappa shape index (κ3) is 4.30. The van der Waals surface area contributed by atoms with Crippen molar-refractivity contribution in [1.82, 2.24) is 10.2 Å². The number of Topliss-reactive ketones (excluding diaryl/α,β-unsaturated/α-hetero) is 1. The molecule has 4 heteroatoms. The van der Waals surface area contributed by atoms with Gasteiger partial charge >= 0.3 is 0 Å². The van der Waals surface area contributed by atoms with Gasteiger partial charge < -0.3 is 10.2 Å². The molecule has 1 aromatic carbocycles. The molecular weight excluding hydrogens is 228 g/mol. The fourth-order valence-electron chi connectivity index (χ4n) is 1.57. The zero-order chi connectivity index (χ0) is 13.5. The number of likely N-dealkylation sites (N-methyl/N-ethyl adjacent to an activating group) is 2.